The Morgan fingerprint density at radius 2 is 2.06 bits per heavy atom. The summed E-state index contributed by atoms with van der Waals surface area (Å²) in [5.74, 6) is 0.855. The van der Waals surface area contributed by atoms with E-state index in [1.807, 2.05) is 31.2 Å². The second-order valence-electron chi connectivity index (χ2n) is 4.22. The summed E-state index contributed by atoms with van der Waals surface area (Å²) in [5.41, 5.74) is 3.23. The number of rotatable bonds is 4. The van der Waals surface area contributed by atoms with Gasteiger partial charge in [-0.2, -0.15) is 0 Å². The van der Waals surface area contributed by atoms with E-state index < -0.39 is 0 Å². The van der Waals surface area contributed by atoms with Crippen LogP contribution in [0.1, 0.15) is 11.8 Å². The van der Waals surface area contributed by atoms with Gasteiger partial charge in [-0.25, -0.2) is 0 Å². The summed E-state index contributed by atoms with van der Waals surface area (Å²) in [6.07, 6.45) is 0. The van der Waals surface area contributed by atoms with Crippen LogP contribution in [0.4, 0.5) is 0 Å². The van der Waals surface area contributed by atoms with E-state index in [0.717, 1.165) is 26.5 Å². The molecule has 2 aromatic rings. The average molecular weight is 277 g/mol. The van der Waals surface area contributed by atoms with Crippen molar-refractivity contribution in [3.8, 4) is 17.0 Å². The van der Waals surface area contributed by atoms with Crippen LogP contribution in [0.15, 0.2) is 36.4 Å². The second-order valence-corrected chi connectivity index (χ2v) is 6.11. The van der Waals surface area contributed by atoms with Gasteiger partial charge in [-0.15, -0.1) is 11.3 Å². The first-order valence-electron chi connectivity index (χ1n) is 5.63. The second kappa shape index (κ2) is 5.50. The minimum Gasteiger partial charge on any atom is -0.489 e. The lowest BCUT2D eigenvalue weighted by Crippen LogP contribution is -1.97. The predicted molar refractivity (Wildman–Crippen MR) is 80.0 cm³/mol. The summed E-state index contributed by atoms with van der Waals surface area (Å²) in [6, 6.07) is 8.00. The summed E-state index contributed by atoms with van der Waals surface area (Å²) < 4.78 is 6.38. The topological polar surface area (TPSA) is 25.0 Å². The average Bonchev–Trinajstić information content (AvgIpc) is 2.66. The van der Waals surface area contributed by atoms with E-state index in [9.17, 15) is 0 Å². The number of aryl methyl sites for hydroxylation is 1. The number of ether oxygens (including phenoxy) is 1. The van der Waals surface area contributed by atoms with Gasteiger partial charge in [0.05, 0.1) is 5.69 Å². The Bertz CT molecular complexity index is 607. The SMILES string of the molecule is C=C(C)COc1ccc(-c2[nH]c(=S)sc2C)cc1. The van der Waals surface area contributed by atoms with Crippen LogP contribution in [0.25, 0.3) is 11.3 Å². The third kappa shape index (κ3) is 3.09. The van der Waals surface area contributed by atoms with Crippen molar-refractivity contribution in [3.63, 3.8) is 0 Å². The molecule has 1 N–H and O–H groups in total. The maximum Gasteiger partial charge on any atom is 0.159 e. The van der Waals surface area contributed by atoms with E-state index in [1.54, 1.807) is 11.3 Å². The summed E-state index contributed by atoms with van der Waals surface area (Å²) in [4.78, 5) is 4.41. The molecule has 1 aromatic carbocycles. The van der Waals surface area contributed by atoms with Gasteiger partial charge in [0.15, 0.2) is 3.95 Å². The van der Waals surface area contributed by atoms with Crippen LogP contribution in [0.3, 0.4) is 0 Å². The molecule has 94 valence electrons. The Morgan fingerprint density at radius 1 is 1.39 bits per heavy atom. The fourth-order valence-corrected chi connectivity index (χ4v) is 2.78. The summed E-state index contributed by atoms with van der Waals surface area (Å²) in [6.45, 7) is 8.38. The fraction of sp³-hybridized carbons (Fsp3) is 0.214. The smallest absolute Gasteiger partial charge is 0.159 e. The van der Waals surface area contributed by atoms with Crippen molar-refractivity contribution >= 4 is 23.6 Å². The van der Waals surface area contributed by atoms with E-state index in [4.69, 9.17) is 17.0 Å². The Kier molecular flexibility index (Phi) is 3.99. The van der Waals surface area contributed by atoms with Gasteiger partial charge < -0.3 is 9.72 Å². The molecular formula is C14H15NOS2. The normalized spacial score (nSPS) is 10.3. The molecule has 0 aliphatic carbocycles. The maximum atomic E-state index is 5.57. The third-order valence-corrected chi connectivity index (χ3v) is 3.60. The molecule has 0 atom stereocenters. The van der Waals surface area contributed by atoms with Crippen molar-refractivity contribution in [2.45, 2.75) is 13.8 Å². The van der Waals surface area contributed by atoms with Gasteiger partial charge in [0.1, 0.15) is 12.4 Å². The number of H-pyrrole nitrogens is 1. The molecule has 2 rings (SSSR count). The highest BCUT2D eigenvalue weighted by molar-refractivity contribution is 7.73. The van der Waals surface area contributed by atoms with Gasteiger partial charge in [0.25, 0.3) is 0 Å². The monoisotopic (exact) mass is 277 g/mol. The van der Waals surface area contributed by atoms with Crippen molar-refractivity contribution in [3.05, 3.63) is 45.2 Å². The Morgan fingerprint density at radius 3 is 2.56 bits per heavy atom. The van der Waals surface area contributed by atoms with E-state index in [2.05, 4.69) is 18.5 Å². The zero-order valence-electron chi connectivity index (χ0n) is 10.4. The van der Waals surface area contributed by atoms with Gasteiger partial charge in [0, 0.05) is 4.88 Å². The first-order valence-corrected chi connectivity index (χ1v) is 6.86. The highest BCUT2D eigenvalue weighted by Crippen LogP contribution is 2.27. The Labute approximate surface area is 116 Å². The van der Waals surface area contributed by atoms with Crippen LogP contribution < -0.4 is 4.74 Å². The summed E-state index contributed by atoms with van der Waals surface area (Å²) in [5, 5.41) is 0. The minimum atomic E-state index is 0.555. The van der Waals surface area contributed by atoms with Crippen LogP contribution in [0, 0.1) is 10.9 Å². The van der Waals surface area contributed by atoms with Crippen LogP contribution in [-0.4, -0.2) is 11.6 Å². The molecule has 0 saturated carbocycles. The van der Waals surface area contributed by atoms with Crippen molar-refractivity contribution in [1.29, 1.82) is 0 Å². The van der Waals surface area contributed by atoms with Crippen LogP contribution in [0.5, 0.6) is 5.75 Å². The molecule has 0 fully saturated rings. The molecule has 1 heterocycles. The van der Waals surface area contributed by atoms with E-state index in [1.165, 1.54) is 4.88 Å². The number of hydrogen-bond donors (Lipinski definition) is 1. The van der Waals surface area contributed by atoms with Gasteiger partial charge in [-0.1, -0.05) is 6.58 Å². The highest BCUT2D eigenvalue weighted by Gasteiger charge is 2.05. The quantitative estimate of drug-likeness (QED) is 0.645. The van der Waals surface area contributed by atoms with Gasteiger partial charge in [-0.05, 0) is 61.5 Å². The molecule has 1 aromatic heterocycles. The van der Waals surface area contributed by atoms with Crippen molar-refractivity contribution in [2.24, 2.45) is 0 Å². The lowest BCUT2D eigenvalue weighted by Gasteiger charge is -2.06. The first-order chi connectivity index (χ1) is 8.56. The lowest BCUT2D eigenvalue weighted by molar-refractivity contribution is 0.353. The largest absolute Gasteiger partial charge is 0.489 e. The number of benzene rings is 1. The number of nitrogens with one attached hydrogen (secondary N) is 1. The zero-order chi connectivity index (χ0) is 13.1. The molecular weight excluding hydrogens is 262 g/mol. The molecule has 0 radical (unpaired) electrons. The minimum absolute atomic E-state index is 0.555. The highest BCUT2D eigenvalue weighted by atomic mass is 32.1. The van der Waals surface area contributed by atoms with E-state index in [0.29, 0.717) is 6.61 Å². The Hall–Kier alpha value is -1.39. The van der Waals surface area contributed by atoms with Crippen LogP contribution in [-0.2, 0) is 0 Å². The van der Waals surface area contributed by atoms with Crippen molar-refractivity contribution in [2.75, 3.05) is 6.61 Å². The molecule has 4 heteroatoms. The molecule has 0 saturated heterocycles. The molecule has 18 heavy (non-hydrogen) atoms. The predicted octanol–water partition coefficient (Wildman–Crippen LogP) is 4.74. The molecule has 0 amide bonds. The summed E-state index contributed by atoms with van der Waals surface area (Å²) >= 11 is 6.74. The summed E-state index contributed by atoms with van der Waals surface area (Å²) in [7, 11) is 0. The van der Waals surface area contributed by atoms with Crippen molar-refractivity contribution in [1.82, 2.24) is 4.98 Å². The zero-order valence-corrected chi connectivity index (χ0v) is 12.1. The number of aromatic amines is 1. The van der Waals surface area contributed by atoms with Gasteiger partial charge in [0.2, 0.25) is 0 Å². The van der Waals surface area contributed by atoms with Crippen molar-refractivity contribution < 1.29 is 4.74 Å². The standard InChI is InChI=1S/C14H15NOS2/c1-9(2)8-16-12-6-4-11(5-7-12)13-10(3)18-14(17)15-13/h4-7H,1,8H2,2-3H3,(H,15,17). The molecule has 0 aliphatic heterocycles. The first kappa shape index (κ1) is 13.1. The van der Waals surface area contributed by atoms with E-state index >= 15 is 0 Å². The molecule has 0 aliphatic rings. The molecule has 0 unspecified atom stereocenters. The number of aromatic nitrogens is 1. The molecule has 2 nitrogen and oxygen atoms in total. The van der Waals surface area contributed by atoms with E-state index in [-0.39, 0.29) is 0 Å². The van der Waals surface area contributed by atoms with Crippen LogP contribution >= 0.6 is 23.6 Å². The van der Waals surface area contributed by atoms with Gasteiger partial charge in [-0.3, -0.25) is 0 Å². The number of hydrogen-bond acceptors (Lipinski definition) is 3. The fourth-order valence-electron chi connectivity index (χ4n) is 1.61. The lowest BCUT2D eigenvalue weighted by atomic mass is 10.1. The number of thiazole rings is 1. The third-order valence-electron chi connectivity index (χ3n) is 2.45. The molecule has 0 bridgehead atoms. The van der Waals surface area contributed by atoms with Gasteiger partial charge >= 0.3 is 0 Å². The Balaban J connectivity index is 2.19. The maximum absolute atomic E-state index is 5.57. The van der Waals surface area contributed by atoms with Crippen LogP contribution in [0.2, 0.25) is 0 Å². The molecule has 0 spiro atoms.